The van der Waals surface area contributed by atoms with Crippen LogP contribution in [0.3, 0.4) is 0 Å². The Morgan fingerprint density at radius 1 is 1.13 bits per heavy atom. The van der Waals surface area contributed by atoms with E-state index in [4.69, 9.17) is 26.7 Å². The van der Waals surface area contributed by atoms with Crippen molar-refractivity contribution in [2.24, 2.45) is 0 Å². The van der Waals surface area contributed by atoms with Crippen molar-refractivity contribution in [2.75, 3.05) is 20.3 Å². The Morgan fingerprint density at radius 3 is 2.43 bits per heavy atom. The van der Waals surface area contributed by atoms with Gasteiger partial charge in [0.2, 0.25) is 6.29 Å². The summed E-state index contributed by atoms with van der Waals surface area (Å²) in [7, 11) is 1.76. The van der Waals surface area contributed by atoms with Crippen molar-refractivity contribution in [2.45, 2.75) is 18.8 Å². The molecule has 3 heterocycles. The summed E-state index contributed by atoms with van der Waals surface area (Å²) in [5.41, 5.74) is 2.72. The number of pyridine rings is 1. The van der Waals surface area contributed by atoms with Crippen molar-refractivity contribution < 1.29 is 13.9 Å². The molecular weight excluding hydrogens is 405 g/mol. The molecule has 0 saturated carbocycles. The van der Waals surface area contributed by atoms with Crippen LogP contribution in [-0.4, -0.2) is 45.9 Å². The third kappa shape index (κ3) is 4.33. The number of aromatic nitrogens is 3. The van der Waals surface area contributed by atoms with Gasteiger partial charge >= 0.3 is 0 Å². The number of hydrogen-bond acceptors (Lipinski definition) is 5. The first-order valence-electron chi connectivity index (χ1n) is 9.47. The highest BCUT2D eigenvalue weighted by molar-refractivity contribution is 7.80. The molecule has 0 radical (unpaired) electrons. The molecule has 0 atom stereocenters. The van der Waals surface area contributed by atoms with Gasteiger partial charge in [0.1, 0.15) is 5.82 Å². The van der Waals surface area contributed by atoms with E-state index in [2.05, 4.69) is 20.6 Å². The number of rotatable bonds is 4. The van der Waals surface area contributed by atoms with Gasteiger partial charge in [-0.25, -0.2) is 9.37 Å². The highest BCUT2D eigenvalue weighted by Gasteiger charge is 2.35. The molecule has 7 nitrogen and oxygen atoms in total. The van der Waals surface area contributed by atoms with Gasteiger partial charge in [-0.05, 0) is 55.5 Å². The van der Waals surface area contributed by atoms with E-state index in [1.54, 1.807) is 31.6 Å². The van der Waals surface area contributed by atoms with Crippen LogP contribution in [-0.2, 0) is 9.47 Å². The predicted molar refractivity (Wildman–Crippen MR) is 115 cm³/mol. The summed E-state index contributed by atoms with van der Waals surface area (Å²) in [6, 6.07) is 9.98. The number of aromatic amines is 1. The second-order valence-electron chi connectivity index (χ2n) is 7.31. The maximum atomic E-state index is 13.4. The van der Waals surface area contributed by atoms with Gasteiger partial charge < -0.3 is 25.1 Å². The van der Waals surface area contributed by atoms with Crippen LogP contribution in [0.4, 0.5) is 4.39 Å². The van der Waals surface area contributed by atoms with Crippen LogP contribution in [0.5, 0.6) is 0 Å². The van der Waals surface area contributed by atoms with Crippen LogP contribution < -0.4 is 10.6 Å². The Morgan fingerprint density at radius 2 is 1.80 bits per heavy atom. The van der Waals surface area contributed by atoms with E-state index >= 15 is 0 Å². The summed E-state index contributed by atoms with van der Waals surface area (Å²) < 4.78 is 25.3. The molecule has 9 heteroatoms. The molecule has 3 N–H and O–H groups in total. The fourth-order valence-corrected chi connectivity index (χ4v) is 3.47. The van der Waals surface area contributed by atoms with Gasteiger partial charge in [0.25, 0.3) is 0 Å². The molecule has 3 aromatic rings. The molecule has 30 heavy (non-hydrogen) atoms. The normalized spacial score (nSPS) is 21.2. The molecule has 4 rings (SSSR count). The lowest BCUT2D eigenvalue weighted by Crippen LogP contribution is -2.57. The van der Waals surface area contributed by atoms with Gasteiger partial charge in [-0.1, -0.05) is 0 Å². The van der Waals surface area contributed by atoms with Crippen LogP contribution in [0.15, 0.2) is 48.8 Å². The van der Waals surface area contributed by atoms with Gasteiger partial charge in [0.05, 0.1) is 30.1 Å². The Bertz CT molecular complexity index is 1020. The Hall–Kier alpha value is -2.88. The van der Waals surface area contributed by atoms with Gasteiger partial charge in [0, 0.05) is 30.6 Å². The van der Waals surface area contributed by atoms with E-state index in [1.165, 1.54) is 12.1 Å². The lowest BCUT2D eigenvalue weighted by Gasteiger charge is -2.37. The lowest BCUT2D eigenvalue weighted by molar-refractivity contribution is -0.215. The summed E-state index contributed by atoms with van der Waals surface area (Å²) in [5.74, 6) is 0.240. The summed E-state index contributed by atoms with van der Waals surface area (Å²) in [4.78, 5) is 12.1. The van der Waals surface area contributed by atoms with E-state index in [0.717, 1.165) is 16.8 Å². The van der Waals surface area contributed by atoms with E-state index in [1.807, 2.05) is 19.1 Å². The first kappa shape index (κ1) is 20.4. The summed E-state index contributed by atoms with van der Waals surface area (Å²) in [5, 5.41) is 6.61. The number of H-pyrrole nitrogens is 1. The van der Waals surface area contributed by atoms with E-state index in [9.17, 15) is 4.39 Å². The maximum absolute atomic E-state index is 13.4. The molecule has 2 aromatic heterocycles. The zero-order valence-electron chi connectivity index (χ0n) is 16.6. The average Bonchev–Trinajstić information content (AvgIpc) is 3.20. The van der Waals surface area contributed by atoms with E-state index < -0.39 is 11.8 Å². The molecule has 1 aliphatic heterocycles. The lowest BCUT2D eigenvalue weighted by atomic mass is 10.1. The molecule has 0 amide bonds. The van der Waals surface area contributed by atoms with Crippen molar-refractivity contribution in [1.29, 1.82) is 0 Å². The molecule has 1 aromatic carbocycles. The number of nitrogens with zero attached hydrogens (tertiary/aromatic N) is 2. The smallest absolute Gasteiger partial charge is 0.217 e. The van der Waals surface area contributed by atoms with Crippen LogP contribution in [0, 0.1) is 5.82 Å². The Labute approximate surface area is 179 Å². The minimum Gasteiger partial charge on any atom is -0.366 e. The Kier molecular flexibility index (Phi) is 5.76. The zero-order valence-corrected chi connectivity index (χ0v) is 17.4. The van der Waals surface area contributed by atoms with Crippen molar-refractivity contribution >= 4 is 17.3 Å². The van der Waals surface area contributed by atoms with Crippen molar-refractivity contribution in [1.82, 2.24) is 25.6 Å². The number of halogens is 1. The highest BCUT2D eigenvalue weighted by atomic mass is 32.1. The minimum absolute atomic E-state index is 0.301. The number of thiocarbonyl (C=S) groups is 1. The molecule has 0 bridgehead atoms. The summed E-state index contributed by atoms with van der Waals surface area (Å²) >= 11 is 5.19. The van der Waals surface area contributed by atoms with Crippen LogP contribution in [0.2, 0.25) is 0 Å². The van der Waals surface area contributed by atoms with E-state index in [0.29, 0.717) is 29.8 Å². The van der Waals surface area contributed by atoms with Gasteiger partial charge in [0.15, 0.2) is 10.9 Å². The van der Waals surface area contributed by atoms with Crippen molar-refractivity contribution in [3.63, 3.8) is 0 Å². The second-order valence-corrected chi connectivity index (χ2v) is 7.72. The molecule has 0 aliphatic carbocycles. The topological polar surface area (TPSA) is 84.1 Å². The summed E-state index contributed by atoms with van der Waals surface area (Å²) in [6.45, 7) is 2.74. The standard InChI is InChI=1S/C21H22FN5O2S/c1-21(27-20(30)23-2)11-28-19(29-12-21)18-25-16(13-3-5-15(22)6-4-13)17(26-18)14-7-9-24-10-8-14/h3-10,19H,11-12H2,1-2H3,(H,25,26)(H2,23,27,30). The average molecular weight is 428 g/mol. The molecule has 0 unspecified atom stereocenters. The predicted octanol–water partition coefficient (Wildman–Crippen LogP) is 3.18. The minimum atomic E-state index is -0.655. The summed E-state index contributed by atoms with van der Waals surface area (Å²) in [6.07, 6.45) is 2.76. The third-order valence-corrected chi connectivity index (χ3v) is 5.09. The monoisotopic (exact) mass is 427 g/mol. The first-order valence-corrected chi connectivity index (χ1v) is 9.87. The van der Waals surface area contributed by atoms with Crippen molar-refractivity contribution in [3.8, 4) is 22.5 Å². The van der Waals surface area contributed by atoms with Gasteiger partial charge in [-0.3, -0.25) is 4.98 Å². The maximum Gasteiger partial charge on any atom is 0.217 e. The first-order chi connectivity index (χ1) is 14.5. The molecule has 1 aliphatic rings. The quantitative estimate of drug-likeness (QED) is 0.552. The highest BCUT2D eigenvalue weighted by Crippen LogP contribution is 2.34. The van der Waals surface area contributed by atoms with Gasteiger partial charge in [-0.15, -0.1) is 0 Å². The van der Waals surface area contributed by atoms with Crippen LogP contribution in [0.1, 0.15) is 19.0 Å². The van der Waals surface area contributed by atoms with Gasteiger partial charge in [-0.2, -0.15) is 0 Å². The fraction of sp³-hybridized carbons (Fsp3) is 0.286. The number of ether oxygens (including phenoxy) is 2. The molecule has 1 fully saturated rings. The molecule has 0 spiro atoms. The number of hydrogen-bond donors (Lipinski definition) is 3. The Balaban J connectivity index is 1.62. The fourth-order valence-electron chi connectivity index (χ4n) is 3.22. The van der Waals surface area contributed by atoms with Crippen LogP contribution in [0.25, 0.3) is 22.5 Å². The molecule has 156 valence electrons. The van der Waals surface area contributed by atoms with Crippen LogP contribution >= 0.6 is 12.2 Å². The van der Waals surface area contributed by atoms with E-state index in [-0.39, 0.29) is 5.82 Å². The largest absolute Gasteiger partial charge is 0.366 e. The molecular formula is C21H22FN5O2S. The zero-order chi connectivity index (χ0) is 21.1. The van der Waals surface area contributed by atoms with Crippen molar-refractivity contribution in [3.05, 3.63) is 60.4 Å². The SMILES string of the molecule is CNC(=S)NC1(C)COC(c2nc(-c3ccc(F)cc3)c(-c3ccncc3)[nH]2)OC1. The second kappa shape index (κ2) is 8.47. The third-order valence-electron chi connectivity index (χ3n) is 4.78. The number of benzene rings is 1. The molecule has 1 saturated heterocycles. The number of imidazole rings is 1. The number of nitrogens with one attached hydrogen (secondary N) is 3.